The quantitative estimate of drug-likeness (QED) is 0.118. The Bertz CT molecular complexity index is 1760. The Balaban J connectivity index is 1.64. The van der Waals surface area contributed by atoms with Crippen LogP contribution in [0.2, 0.25) is 0 Å². The fourth-order valence-electron chi connectivity index (χ4n) is 6.06. The van der Waals surface area contributed by atoms with E-state index in [4.69, 9.17) is 9.47 Å². The number of rotatable bonds is 17. The van der Waals surface area contributed by atoms with Crippen LogP contribution in [0, 0.1) is 11.8 Å². The Kier molecular flexibility index (Phi) is 15.5. The van der Waals surface area contributed by atoms with Gasteiger partial charge in [-0.05, 0) is 60.1 Å². The number of carbonyl (C=O) groups excluding carboxylic acids is 4. The summed E-state index contributed by atoms with van der Waals surface area (Å²) in [5.74, 6) is -1.64. The van der Waals surface area contributed by atoms with Crippen LogP contribution >= 0.6 is 0 Å². The third kappa shape index (κ3) is 11.9. The number of pyridine rings is 2. The van der Waals surface area contributed by atoms with Gasteiger partial charge in [-0.25, -0.2) is 19.5 Å². The van der Waals surface area contributed by atoms with Crippen LogP contribution in [0.15, 0.2) is 109 Å². The van der Waals surface area contributed by atoms with Crippen molar-refractivity contribution in [2.75, 3.05) is 12.0 Å². The van der Waals surface area contributed by atoms with Gasteiger partial charge in [-0.2, -0.15) is 0 Å². The molecular formula is C41H50N6O7. The highest BCUT2D eigenvalue weighted by Crippen LogP contribution is 2.22. The summed E-state index contributed by atoms with van der Waals surface area (Å²) >= 11 is 0. The molecule has 2 aromatic carbocycles. The van der Waals surface area contributed by atoms with Crippen LogP contribution in [-0.4, -0.2) is 76.5 Å². The molecule has 4 rings (SSSR count). The van der Waals surface area contributed by atoms with Gasteiger partial charge in [0, 0.05) is 12.4 Å². The first-order valence-electron chi connectivity index (χ1n) is 18.0. The number of benzene rings is 2. The van der Waals surface area contributed by atoms with Crippen molar-refractivity contribution in [3.8, 4) is 0 Å². The van der Waals surface area contributed by atoms with Gasteiger partial charge < -0.3 is 30.5 Å². The molecular weight excluding hydrogens is 688 g/mol. The summed E-state index contributed by atoms with van der Waals surface area (Å²) in [6.45, 7) is 7.08. The molecule has 286 valence electrons. The number of aliphatic hydroxyl groups excluding tert-OH is 1. The Hall–Kier alpha value is -5.82. The van der Waals surface area contributed by atoms with E-state index in [1.54, 1.807) is 70.3 Å². The molecule has 4 aromatic rings. The summed E-state index contributed by atoms with van der Waals surface area (Å²) in [6, 6.07) is 24.9. The van der Waals surface area contributed by atoms with Gasteiger partial charge in [-0.3, -0.25) is 14.6 Å². The topological polar surface area (TPSA) is 172 Å². The van der Waals surface area contributed by atoms with Crippen molar-refractivity contribution in [3.63, 3.8) is 0 Å². The summed E-state index contributed by atoms with van der Waals surface area (Å²) in [5.41, 5.74) is 2.19. The number of hydrogen-bond donors (Lipinski definition) is 4. The second-order valence-electron chi connectivity index (χ2n) is 13.6. The number of ether oxygens (including phenoxy) is 2. The molecule has 0 fully saturated rings. The average Bonchev–Trinajstić information content (AvgIpc) is 3.18. The third-order valence-electron chi connectivity index (χ3n) is 8.82. The Morgan fingerprint density at radius 3 is 1.70 bits per heavy atom. The van der Waals surface area contributed by atoms with Crippen LogP contribution < -0.4 is 20.9 Å². The number of nitrogens with zero attached hydrogens (tertiary/aromatic N) is 3. The normalized spacial score (nSPS) is 13.9. The minimum atomic E-state index is -1.35. The smallest absolute Gasteiger partial charge is 0.415 e. The van der Waals surface area contributed by atoms with Crippen molar-refractivity contribution in [2.24, 2.45) is 11.8 Å². The van der Waals surface area contributed by atoms with Crippen molar-refractivity contribution in [1.82, 2.24) is 25.9 Å². The highest BCUT2D eigenvalue weighted by atomic mass is 16.6. The lowest BCUT2D eigenvalue weighted by Crippen LogP contribution is -2.62. The molecule has 2 heterocycles. The van der Waals surface area contributed by atoms with Gasteiger partial charge in [0.25, 0.3) is 0 Å². The summed E-state index contributed by atoms with van der Waals surface area (Å²) in [7, 11) is 1.23. The highest BCUT2D eigenvalue weighted by Gasteiger charge is 2.39. The summed E-state index contributed by atoms with van der Waals surface area (Å²) in [5, 5.41) is 20.9. The molecule has 0 aliphatic heterocycles. The molecule has 5 unspecified atom stereocenters. The second kappa shape index (κ2) is 20.4. The molecule has 13 nitrogen and oxygen atoms in total. The number of alkyl carbamates (subject to hydrolysis) is 1. The molecule has 0 bridgehead atoms. The summed E-state index contributed by atoms with van der Waals surface area (Å²) in [6.07, 6.45) is 0.558. The van der Waals surface area contributed by atoms with Crippen LogP contribution in [0.1, 0.15) is 44.5 Å². The van der Waals surface area contributed by atoms with Gasteiger partial charge >= 0.3 is 12.2 Å². The van der Waals surface area contributed by atoms with E-state index in [1.807, 2.05) is 60.7 Å². The number of amides is 4. The minimum absolute atomic E-state index is 0.0829. The summed E-state index contributed by atoms with van der Waals surface area (Å²) < 4.78 is 10.4. The molecule has 0 saturated carbocycles. The van der Waals surface area contributed by atoms with Gasteiger partial charge in [0.1, 0.15) is 24.5 Å². The lowest BCUT2D eigenvalue weighted by molar-refractivity contribution is -0.126. The maximum Gasteiger partial charge on any atom is 0.415 e. The zero-order valence-corrected chi connectivity index (χ0v) is 31.3. The number of aromatic nitrogens is 2. The standard InChI is InChI=1S/C41H50N6O7/c1-27(2)35(46-40(51)54-26-31-20-12-14-22-42-31)38(49)44-32(24-29-16-8-6-9-17-29)37(48)33(25-30-18-10-7-11-19-30)45-39(50)36(28(3)4)47(41(52)53-5)34-21-13-15-23-43-34/h6-23,27-28,32-33,35-37,48H,24-26H2,1-5H3,(H,44,49)(H,45,50)(H,46,51). The fraction of sp³-hybridized carbons (Fsp3) is 0.366. The first-order chi connectivity index (χ1) is 26.0. The van der Waals surface area contributed by atoms with Gasteiger partial charge in [0.15, 0.2) is 0 Å². The van der Waals surface area contributed by atoms with Crippen molar-refractivity contribution in [2.45, 2.75) is 77.4 Å². The van der Waals surface area contributed by atoms with E-state index >= 15 is 0 Å². The average molecular weight is 739 g/mol. The van der Waals surface area contributed by atoms with E-state index in [0.29, 0.717) is 5.69 Å². The molecule has 4 amide bonds. The molecule has 0 saturated heterocycles. The molecule has 54 heavy (non-hydrogen) atoms. The largest absolute Gasteiger partial charge is 0.452 e. The van der Waals surface area contributed by atoms with Crippen LogP contribution in [0.3, 0.4) is 0 Å². The number of aliphatic hydroxyl groups is 1. The maximum atomic E-state index is 14.4. The predicted molar refractivity (Wildman–Crippen MR) is 204 cm³/mol. The molecule has 0 radical (unpaired) electrons. The molecule has 0 aliphatic carbocycles. The molecule has 13 heteroatoms. The van der Waals surface area contributed by atoms with Crippen LogP contribution in [0.4, 0.5) is 15.4 Å². The van der Waals surface area contributed by atoms with E-state index in [9.17, 15) is 24.3 Å². The molecule has 2 aromatic heterocycles. The van der Waals surface area contributed by atoms with Crippen molar-refractivity contribution < 1.29 is 33.8 Å². The van der Waals surface area contributed by atoms with Crippen molar-refractivity contribution >= 4 is 29.8 Å². The van der Waals surface area contributed by atoms with Gasteiger partial charge in [-0.15, -0.1) is 0 Å². The highest BCUT2D eigenvalue weighted by molar-refractivity contribution is 5.97. The monoisotopic (exact) mass is 738 g/mol. The zero-order valence-electron chi connectivity index (χ0n) is 31.3. The predicted octanol–water partition coefficient (Wildman–Crippen LogP) is 4.84. The molecule has 5 atom stereocenters. The number of hydrogen-bond acceptors (Lipinski definition) is 9. The maximum absolute atomic E-state index is 14.4. The fourth-order valence-corrected chi connectivity index (χ4v) is 6.06. The Morgan fingerprint density at radius 2 is 1.22 bits per heavy atom. The minimum Gasteiger partial charge on any atom is -0.452 e. The number of nitrogens with one attached hydrogen (secondary N) is 3. The number of methoxy groups -OCH3 is 1. The van der Waals surface area contributed by atoms with E-state index < -0.39 is 60.2 Å². The van der Waals surface area contributed by atoms with Gasteiger partial charge in [0.05, 0.1) is 31.0 Å². The van der Waals surface area contributed by atoms with E-state index in [-0.39, 0.29) is 31.2 Å². The molecule has 0 aliphatic rings. The molecule has 0 spiro atoms. The van der Waals surface area contributed by atoms with E-state index in [0.717, 1.165) is 11.1 Å². The number of carbonyl (C=O) groups is 4. The lowest BCUT2D eigenvalue weighted by atomic mass is 9.91. The van der Waals surface area contributed by atoms with E-state index in [1.165, 1.54) is 18.2 Å². The van der Waals surface area contributed by atoms with E-state index in [2.05, 4.69) is 25.9 Å². The Labute approximate surface area is 316 Å². The van der Waals surface area contributed by atoms with Crippen molar-refractivity contribution in [3.05, 3.63) is 126 Å². The first-order valence-corrected chi connectivity index (χ1v) is 18.0. The third-order valence-corrected chi connectivity index (χ3v) is 8.82. The summed E-state index contributed by atoms with van der Waals surface area (Å²) in [4.78, 5) is 64.0. The second-order valence-corrected chi connectivity index (χ2v) is 13.6. The van der Waals surface area contributed by atoms with Crippen LogP contribution in [0.25, 0.3) is 0 Å². The van der Waals surface area contributed by atoms with Crippen molar-refractivity contribution in [1.29, 1.82) is 0 Å². The lowest BCUT2D eigenvalue weighted by Gasteiger charge is -2.36. The van der Waals surface area contributed by atoms with Gasteiger partial charge in [-0.1, -0.05) is 100 Å². The van der Waals surface area contributed by atoms with Gasteiger partial charge in [0.2, 0.25) is 11.8 Å². The number of anilines is 1. The van der Waals surface area contributed by atoms with Crippen LogP contribution in [0.5, 0.6) is 0 Å². The first kappa shape index (κ1) is 40.9. The Morgan fingerprint density at radius 1 is 0.685 bits per heavy atom. The zero-order chi connectivity index (χ0) is 39.0. The SMILES string of the molecule is COC(=O)N(c1ccccn1)C(C(=O)NC(Cc1ccccc1)C(O)C(Cc1ccccc1)NC(=O)C(NC(=O)OCc1ccccn1)C(C)C)C(C)C. The molecule has 4 N–H and O–H groups in total. The van der Waals surface area contributed by atoms with Crippen LogP contribution in [-0.2, 0) is 38.5 Å².